The Kier molecular flexibility index (Phi) is 2.15. The summed E-state index contributed by atoms with van der Waals surface area (Å²) in [5.74, 6) is -0.252. The molecular formula is C10H14N2O2. The zero-order chi connectivity index (χ0) is 10.3. The predicted molar refractivity (Wildman–Crippen MR) is 51.4 cm³/mol. The lowest BCUT2D eigenvalue weighted by atomic mass is 10.00. The fourth-order valence-corrected chi connectivity index (χ4v) is 2.32. The lowest BCUT2D eigenvalue weighted by Crippen LogP contribution is -2.33. The summed E-state index contributed by atoms with van der Waals surface area (Å²) >= 11 is 0. The van der Waals surface area contributed by atoms with Crippen LogP contribution in [0.25, 0.3) is 0 Å². The van der Waals surface area contributed by atoms with Crippen LogP contribution >= 0.6 is 0 Å². The van der Waals surface area contributed by atoms with Crippen molar-refractivity contribution < 1.29 is 9.59 Å². The Balaban J connectivity index is 2.12. The number of hydrogen-bond acceptors (Lipinski definition) is 3. The summed E-state index contributed by atoms with van der Waals surface area (Å²) in [5, 5.41) is 0. The summed E-state index contributed by atoms with van der Waals surface area (Å²) in [6.07, 6.45) is 1.81. The van der Waals surface area contributed by atoms with E-state index < -0.39 is 0 Å². The van der Waals surface area contributed by atoms with Crippen molar-refractivity contribution in [2.24, 2.45) is 11.8 Å². The Hall–Kier alpha value is -1.16. The Morgan fingerprint density at radius 2 is 1.86 bits per heavy atom. The van der Waals surface area contributed by atoms with Crippen molar-refractivity contribution in [1.82, 2.24) is 9.80 Å². The molecule has 2 heterocycles. The van der Waals surface area contributed by atoms with Crippen molar-refractivity contribution in [3.63, 3.8) is 0 Å². The second-order valence-electron chi connectivity index (χ2n) is 3.96. The number of hydrogen-bond donors (Lipinski definition) is 0. The first-order chi connectivity index (χ1) is 6.65. The van der Waals surface area contributed by atoms with Crippen molar-refractivity contribution in [3.8, 4) is 0 Å². The number of rotatable bonds is 2. The van der Waals surface area contributed by atoms with Gasteiger partial charge in [-0.1, -0.05) is 6.08 Å². The highest BCUT2D eigenvalue weighted by Crippen LogP contribution is 2.32. The largest absolute Gasteiger partial charge is 0.298 e. The zero-order valence-corrected chi connectivity index (χ0v) is 8.27. The number of nitrogens with zero attached hydrogens (tertiary/aromatic N) is 2. The van der Waals surface area contributed by atoms with Gasteiger partial charge in [0.2, 0.25) is 11.8 Å². The third-order valence-electron chi connectivity index (χ3n) is 3.08. The second-order valence-corrected chi connectivity index (χ2v) is 3.96. The van der Waals surface area contributed by atoms with Crippen LogP contribution in [0.4, 0.5) is 0 Å². The standard InChI is InChI=1S/C10H14N2O2/c1-3-4-12-5-7-8(6-12)10(14)11(2)9(7)13/h3,7-8H,1,4-6H2,2H3/t7-,8-/m1/s1. The van der Waals surface area contributed by atoms with Gasteiger partial charge in [0.25, 0.3) is 0 Å². The average molecular weight is 194 g/mol. The molecule has 2 amide bonds. The van der Waals surface area contributed by atoms with Gasteiger partial charge >= 0.3 is 0 Å². The molecule has 2 atom stereocenters. The third kappa shape index (κ3) is 1.18. The number of carbonyl (C=O) groups excluding carboxylic acids is 2. The van der Waals surface area contributed by atoms with E-state index in [-0.39, 0.29) is 23.7 Å². The van der Waals surface area contributed by atoms with E-state index in [4.69, 9.17) is 0 Å². The predicted octanol–water partition coefficient (Wildman–Crippen LogP) is -0.281. The minimum absolute atomic E-state index is 0.0217. The molecule has 0 radical (unpaired) electrons. The fraction of sp³-hybridized carbons (Fsp3) is 0.600. The van der Waals surface area contributed by atoms with Crippen molar-refractivity contribution in [3.05, 3.63) is 12.7 Å². The number of fused-ring (bicyclic) bond motifs is 1. The second kappa shape index (κ2) is 3.20. The summed E-state index contributed by atoms with van der Waals surface area (Å²) in [6.45, 7) is 5.81. The first-order valence-electron chi connectivity index (χ1n) is 4.80. The molecule has 0 aromatic rings. The molecule has 0 aromatic heterocycles. The maximum absolute atomic E-state index is 11.6. The molecule has 2 saturated heterocycles. The molecule has 2 rings (SSSR count). The van der Waals surface area contributed by atoms with Crippen molar-refractivity contribution in [2.45, 2.75) is 0 Å². The maximum atomic E-state index is 11.6. The SMILES string of the molecule is C=CCN1C[C@H]2C(=O)N(C)C(=O)[C@@H]2C1. The van der Waals surface area contributed by atoms with Crippen LogP contribution in [0.3, 0.4) is 0 Å². The van der Waals surface area contributed by atoms with E-state index in [2.05, 4.69) is 11.5 Å². The lowest BCUT2D eigenvalue weighted by molar-refractivity contribution is -0.138. The Morgan fingerprint density at radius 1 is 1.36 bits per heavy atom. The molecule has 2 aliphatic rings. The summed E-state index contributed by atoms with van der Waals surface area (Å²) < 4.78 is 0. The molecule has 0 spiro atoms. The molecular weight excluding hydrogens is 180 g/mol. The minimum atomic E-state index is -0.104. The lowest BCUT2D eigenvalue weighted by Gasteiger charge is -2.15. The summed E-state index contributed by atoms with van der Waals surface area (Å²) in [4.78, 5) is 26.6. The summed E-state index contributed by atoms with van der Waals surface area (Å²) in [6, 6.07) is 0. The van der Waals surface area contributed by atoms with E-state index in [1.165, 1.54) is 4.90 Å². The summed E-state index contributed by atoms with van der Waals surface area (Å²) in [7, 11) is 1.57. The fourth-order valence-electron chi connectivity index (χ4n) is 2.32. The van der Waals surface area contributed by atoms with Gasteiger partial charge in [0.05, 0.1) is 11.8 Å². The quantitative estimate of drug-likeness (QED) is 0.448. The number of amides is 2. The van der Waals surface area contributed by atoms with Gasteiger partial charge in [-0.25, -0.2) is 0 Å². The van der Waals surface area contributed by atoms with Crippen LogP contribution in [-0.4, -0.2) is 48.3 Å². The van der Waals surface area contributed by atoms with Crippen LogP contribution in [-0.2, 0) is 9.59 Å². The Morgan fingerprint density at radius 3 is 2.29 bits per heavy atom. The molecule has 76 valence electrons. The van der Waals surface area contributed by atoms with Gasteiger partial charge in [-0.05, 0) is 0 Å². The van der Waals surface area contributed by atoms with Gasteiger partial charge in [0.15, 0.2) is 0 Å². The molecule has 4 heteroatoms. The molecule has 2 aliphatic heterocycles. The van der Waals surface area contributed by atoms with Crippen LogP contribution < -0.4 is 0 Å². The average Bonchev–Trinajstić information content (AvgIpc) is 2.65. The highest BCUT2D eigenvalue weighted by molar-refractivity contribution is 6.05. The van der Waals surface area contributed by atoms with Crippen molar-refractivity contribution >= 4 is 11.8 Å². The molecule has 0 unspecified atom stereocenters. The normalized spacial score (nSPS) is 32.5. The van der Waals surface area contributed by atoms with Gasteiger partial charge < -0.3 is 0 Å². The van der Waals surface area contributed by atoms with Gasteiger partial charge in [-0.15, -0.1) is 6.58 Å². The molecule has 14 heavy (non-hydrogen) atoms. The van der Waals surface area contributed by atoms with E-state index in [0.717, 1.165) is 6.54 Å². The van der Waals surface area contributed by atoms with Gasteiger partial charge in [0, 0.05) is 26.7 Å². The molecule has 2 fully saturated rings. The van der Waals surface area contributed by atoms with E-state index in [9.17, 15) is 9.59 Å². The molecule has 0 aromatic carbocycles. The number of carbonyl (C=O) groups is 2. The molecule has 0 saturated carbocycles. The molecule has 0 N–H and O–H groups in total. The smallest absolute Gasteiger partial charge is 0.234 e. The Bertz CT molecular complexity index is 276. The highest BCUT2D eigenvalue weighted by Gasteiger charge is 2.50. The maximum Gasteiger partial charge on any atom is 0.234 e. The highest BCUT2D eigenvalue weighted by atomic mass is 16.2. The molecule has 0 bridgehead atoms. The number of likely N-dealkylation sites (tertiary alicyclic amines) is 2. The van der Waals surface area contributed by atoms with Crippen molar-refractivity contribution in [1.29, 1.82) is 0 Å². The van der Waals surface area contributed by atoms with Crippen LogP contribution in [0.2, 0.25) is 0 Å². The van der Waals surface area contributed by atoms with E-state index in [0.29, 0.717) is 13.1 Å². The first-order valence-corrected chi connectivity index (χ1v) is 4.80. The van der Waals surface area contributed by atoms with E-state index >= 15 is 0 Å². The van der Waals surface area contributed by atoms with Crippen molar-refractivity contribution in [2.75, 3.05) is 26.7 Å². The van der Waals surface area contributed by atoms with Gasteiger partial charge in [0.1, 0.15) is 0 Å². The summed E-state index contributed by atoms with van der Waals surface area (Å²) in [5.41, 5.74) is 0. The zero-order valence-electron chi connectivity index (χ0n) is 8.27. The van der Waals surface area contributed by atoms with Crippen LogP contribution in [0.1, 0.15) is 0 Å². The van der Waals surface area contributed by atoms with E-state index in [1.807, 2.05) is 0 Å². The minimum Gasteiger partial charge on any atom is -0.298 e. The van der Waals surface area contributed by atoms with E-state index in [1.54, 1.807) is 13.1 Å². The molecule has 4 nitrogen and oxygen atoms in total. The van der Waals surface area contributed by atoms with Gasteiger partial charge in [-0.2, -0.15) is 0 Å². The van der Waals surface area contributed by atoms with Crippen LogP contribution in [0, 0.1) is 11.8 Å². The Labute approximate surface area is 83.2 Å². The topological polar surface area (TPSA) is 40.6 Å². The monoisotopic (exact) mass is 194 g/mol. The van der Waals surface area contributed by atoms with Crippen LogP contribution in [0.15, 0.2) is 12.7 Å². The molecule has 0 aliphatic carbocycles. The van der Waals surface area contributed by atoms with Gasteiger partial charge in [-0.3, -0.25) is 19.4 Å². The number of imide groups is 1. The third-order valence-corrected chi connectivity index (χ3v) is 3.08. The first kappa shape index (κ1) is 9.40. The van der Waals surface area contributed by atoms with Crippen LogP contribution in [0.5, 0.6) is 0 Å².